The normalized spacial score (nSPS) is 20.2. The average molecular weight is 278 g/mol. The lowest BCUT2D eigenvalue weighted by molar-refractivity contribution is -0.150. The summed E-state index contributed by atoms with van der Waals surface area (Å²) in [5, 5.41) is 6.96. The van der Waals surface area contributed by atoms with Crippen molar-refractivity contribution in [2.45, 2.75) is 40.3 Å². The molecular weight excluding hydrogens is 256 g/mol. The summed E-state index contributed by atoms with van der Waals surface area (Å²) in [6.45, 7) is 8.30. The van der Waals surface area contributed by atoms with Gasteiger partial charge in [0, 0.05) is 7.05 Å². The molecule has 1 aromatic rings. The Labute approximate surface area is 119 Å². The molecule has 1 aromatic heterocycles. The Hall–Kier alpha value is -1.85. The van der Waals surface area contributed by atoms with E-state index in [-0.39, 0.29) is 23.8 Å². The molecule has 2 amide bonds. The van der Waals surface area contributed by atoms with Crippen LogP contribution in [0.15, 0.2) is 6.07 Å². The van der Waals surface area contributed by atoms with Crippen LogP contribution >= 0.6 is 0 Å². The van der Waals surface area contributed by atoms with E-state index < -0.39 is 6.04 Å². The molecule has 1 atom stereocenters. The summed E-state index contributed by atoms with van der Waals surface area (Å²) in [5.41, 5.74) is 1.52. The van der Waals surface area contributed by atoms with Gasteiger partial charge in [-0.05, 0) is 18.4 Å². The van der Waals surface area contributed by atoms with Crippen molar-refractivity contribution in [1.29, 1.82) is 0 Å². The second-order valence-corrected chi connectivity index (χ2v) is 6.41. The molecule has 1 saturated heterocycles. The van der Waals surface area contributed by atoms with Crippen molar-refractivity contribution in [3.63, 3.8) is 0 Å². The molecule has 1 aliphatic rings. The van der Waals surface area contributed by atoms with Gasteiger partial charge < -0.3 is 10.2 Å². The summed E-state index contributed by atoms with van der Waals surface area (Å²) < 4.78 is 1.76. The average Bonchev–Trinajstić information content (AvgIpc) is 2.61. The zero-order valence-corrected chi connectivity index (χ0v) is 12.7. The summed E-state index contributed by atoms with van der Waals surface area (Å²) in [5.74, 6) is -0.139. The van der Waals surface area contributed by atoms with Gasteiger partial charge in [-0.3, -0.25) is 14.3 Å². The number of nitrogens with zero attached hydrogens (tertiary/aromatic N) is 3. The van der Waals surface area contributed by atoms with Gasteiger partial charge in [0.2, 0.25) is 11.8 Å². The maximum absolute atomic E-state index is 12.2. The molecule has 20 heavy (non-hydrogen) atoms. The van der Waals surface area contributed by atoms with Gasteiger partial charge in [0.15, 0.2) is 0 Å². The Morgan fingerprint density at radius 3 is 2.55 bits per heavy atom. The Balaban J connectivity index is 2.32. The molecule has 2 heterocycles. The van der Waals surface area contributed by atoms with Crippen molar-refractivity contribution < 1.29 is 9.59 Å². The number of piperazine rings is 1. The van der Waals surface area contributed by atoms with Crippen LogP contribution in [0.2, 0.25) is 0 Å². The molecule has 0 aromatic carbocycles. The van der Waals surface area contributed by atoms with Crippen molar-refractivity contribution in [2.75, 3.05) is 6.54 Å². The zero-order valence-electron chi connectivity index (χ0n) is 12.7. The number of aryl methyl sites for hydroxylation is 2. The summed E-state index contributed by atoms with van der Waals surface area (Å²) >= 11 is 0. The lowest BCUT2D eigenvalue weighted by Gasteiger charge is -2.41. The van der Waals surface area contributed by atoms with Crippen LogP contribution in [-0.4, -0.2) is 39.1 Å². The highest BCUT2D eigenvalue weighted by molar-refractivity contribution is 5.95. The van der Waals surface area contributed by atoms with Gasteiger partial charge >= 0.3 is 0 Å². The number of carbonyl (C=O) groups excluding carboxylic acids is 2. The van der Waals surface area contributed by atoms with Crippen molar-refractivity contribution in [2.24, 2.45) is 12.5 Å². The topological polar surface area (TPSA) is 67.2 Å². The molecule has 0 aliphatic carbocycles. The van der Waals surface area contributed by atoms with Crippen molar-refractivity contribution >= 4 is 11.8 Å². The molecule has 0 bridgehead atoms. The van der Waals surface area contributed by atoms with E-state index in [1.165, 1.54) is 0 Å². The molecule has 1 fully saturated rings. The van der Waals surface area contributed by atoms with Crippen LogP contribution in [-0.2, 0) is 23.2 Å². The van der Waals surface area contributed by atoms with Gasteiger partial charge in [0.25, 0.3) is 0 Å². The summed E-state index contributed by atoms with van der Waals surface area (Å²) in [6.07, 6.45) is 0. The predicted molar refractivity (Wildman–Crippen MR) is 74.7 cm³/mol. The van der Waals surface area contributed by atoms with Gasteiger partial charge in [0.1, 0.15) is 6.04 Å². The first-order chi connectivity index (χ1) is 9.20. The fraction of sp³-hybridized carbons (Fsp3) is 0.643. The minimum Gasteiger partial charge on any atom is -0.345 e. The van der Waals surface area contributed by atoms with Crippen molar-refractivity contribution in [3.05, 3.63) is 17.5 Å². The molecule has 6 nitrogen and oxygen atoms in total. The van der Waals surface area contributed by atoms with Crippen LogP contribution in [0.1, 0.15) is 32.2 Å². The lowest BCUT2D eigenvalue weighted by Crippen LogP contribution is -2.62. The number of amides is 2. The first-order valence-electron chi connectivity index (χ1n) is 6.77. The third-order valence-electron chi connectivity index (χ3n) is 3.55. The van der Waals surface area contributed by atoms with Crippen LogP contribution < -0.4 is 5.32 Å². The van der Waals surface area contributed by atoms with E-state index in [2.05, 4.69) is 10.4 Å². The zero-order chi connectivity index (χ0) is 15.1. The second kappa shape index (κ2) is 4.92. The highest BCUT2D eigenvalue weighted by atomic mass is 16.2. The Morgan fingerprint density at radius 1 is 1.40 bits per heavy atom. The number of hydrogen-bond acceptors (Lipinski definition) is 3. The van der Waals surface area contributed by atoms with E-state index >= 15 is 0 Å². The van der Waals surface area contributed by atoms with Crippen LogP contribution in [0.25, 0.3) is 0 Å². The quantitative estimate of drug-likeness (QED) is 0.861. The summed E-state index contributed by atoms with van der Waals surface area (Å²) in [7, 11) is 1.85. The number of hydrogen-bond donors (Lipinski definition) is 1. The fourth-order valence-electron chi connectivity index (χ4n) is 2.67. The second-order valence-electron chi connectivity index (χ2n) is 6.41. The fourth-order valence-corrected chi connectivity index (χ4v) is 2.67. The molecule has 1 aliphatic heterocycles. The van der Waals surface area contributed by atoms with E-state index in [0.29, 0.717) is 6.54 Å². The molecular formula is C14H22N4O2. The highest BCUT2D eigenvalue weighted by Gasteiger charge is 2.42. The number of nitrogens with one attached hydrogen (secondary N) is 1. The van der Waals surface area contributed by atoms with E-state index in [1.54, 1.807) is 9.58 Å². The third kappa shape index (κ3) is 2.69. The van der Waals surface area contributed by atoms with Gasteiger partial charge in [-0.15, -0.1) is 0 Å². The van der Waals surface area contributed by atoms with E-state index in [1.807, 2.05) is 40.8 Å². The smallest absolute Gasteiger partial charge is 0.243 e. The molecule has 1 N–H and O–H groups in total. The molecule has 110 valence electrons. The molecule has 0 saturated carbocycles. The van der Waals surface area contributed by atoms with E-state index in [0.717, 1.165) is 11.4 Å². The Kier molecular flexibility index (Phi) is 3.58. The minimum atomic E-state index is -0.459. The monoisotopic (exact) mass is 278 g/mol. The molecule has 1 unspecified atom stereocenters. The SMILES string of the molecule is Cc1cc(CN2C(=O)CNC(=O)C2C(C)(C)C)n(C)n1. The third-order valence-corrected chi connectivity index (χ3v) is 3.55. The van der Waals surface area contributed by atoms with Gasteiger partial charge in [-0.25, -0.2) is 0 Å². The van der Waals surface area contributed by atoms with Gasteiger partial charge in [0.05, 0.1) is 24.5 Å². The molecule has 6 heteroatoms. The van der Waals surface area contributed by atoms with E-state index in [9.17, 15) is 9.59 Å². The van der Waals surface area contributed by atoms with E-state index in [4.69, 9.17) is 0 Å². The van der Waals surface area contributed by atoms with Gasteiger partial charge in [-0.1, -0.05) is 20.8 Å². The Bertz CT molecular complexity index is 542. The summed E-state index contributed by atoms with van der Waals surface area (Å²) in [4.78, 5) is 26.0. The molecule has 2 rings (SSSR count). The van der Waals surface area contributed by atoms with Crippen LogP contribution in [0, 0.1) is 12.3 Å². The van der Waals surface area contributed by atoms with Crippen molar-refractivity contribution in [1.82, 2.24) is 20.0 Å². The van der Waals surface area contributed by atoms with Crippen LogP contribution in [0.5, 0.6) is 0 Å². The number of rotatable bonds is 2. The van der Waals surface area contributed by atoms with Crippen LogP contribution in [0.4, 0.5) is 0 Å². The first kappa shape index (κ1) is 14.6. The highest BCUT2D eigenvalue weighted by Crippen LogP contribution is 2.28. The molecule has 0 spiro atoms. The maximum atomic E-state index is 12.2. The maximum Gasteiger partial charge on any atom is 0.243 e. The van der Waals surface area contributed by atoms with Crippen LogP contribution in [0.3, 0.4) is 0 Å². The number of aromatic nitrogens is 2. The predicted octanol–water partition coefficient (Wildman–Crippen LogP) is 0.602. The van der Waals surface area contributed by atoms with Gasteiger partial charge in [-0.2, -0.15) is 5.10 Å². The molecule has 0 radical (unpaired) electrons. The van der Waals surface area contributed by atoms with Crippen molar-refractivity contribution in [3.8, 4) is 0 Å². The standard InChI is InChI=1S/C14H22N4O2/c1-9-6-10(17(5)16-9)8-18-11(19)7-15-13(20)12(18)14(2,3)4/h6,12H,7-8H2,1-5H3,(H,15,20). The minimum absolute atomic E-state index is 0.0524. The number of carbonyl (C=O) groups is 2. The summed E-state index contributed by atoms with van der Waals surface area (Å²) in [6, 6.07) is 1.48. The lowest BCUT2D eigenvalue weighted by atomic mass is 9.84. The Morgan fingerprint density at radius 2 is 2.05 bits per heavy atom. The first-order valence-corrected chi connectivity index (χ1v) is 6.77. The largest absolute Gasteiger partial charge is 0.345 e.